The highest BCUT2D eigenvalue weighted by Crippen LogP contribution is 2.36. The van der Waals surface area contributed by atoms with E-state index in [-0.39, 0.29) is 12.1 Å². The second kappa shape index (κ2) is 7.57. The summed E-state index contributed by atoms with van der Waals surface area (Å²) in [4.78, 5) is 13.0. The molecule has 0 bridgehead atoms. The van der Waals surface area contributed by atoms with E-state index in [0.717, 1.165) is 44.5 Å². The van der Waals surface area contributed by atoms with Gasteiger partial charge >= 0.3 is 0 Å². The summed E-state index contributed by atoms with van der Waals surface area (Å²) in [6, 6.07) is 6.11. The van der Waals surface area contributed by atoms with Gasteiger partial charge in [0.15, 0.2) is 0 Å². The van der Waals surface area contributed by atoms with E-state index in [4.69, 9.17) is 0 Å². The molecule has 1 aromatic rings. The number of benzene rings is 1. The third-order valence-corrected chi connectivity index (χ3v) is 4.18. The van der Waals surface area contributed by atoms with Gasteiger partial charge in [0, 0.05) is 5.69 Å². The maximum absolute atomic E-state index is 10.6. The predicted octanol–water partition coefficient (Wildman–Crippen LogP) is 2.73. The molecule has 1 aliphatic carbocycles. The molecular formula is C17H26N2O2. The number of nitrogens with one attached hydrogen (secondary N) is 1. The molecule has 0 saturated carbocycles. The van der Waals surface area contributed by atoms with Crippen molar-refractivity contribution >= 4 is 12.1 Å². The van der Waals surface area contributed by atoms with Crippen LogP contribution < -0.4 is 5.32 Å². The van der Waals surface area contributed by atoms with Gasteiger partial charge in [0.1, 0.15) is 0 Å². The zero-order chi connectivity index (χ0) is 15.2. The highest BCUT2D eigenvalue weighted by Gasteiger charge is 2.32. The Morgan fingerprint density at radius 1 is 1.33 bits per heavy atom. The molecule has 116 valence electrons. The largest absolute Gasteiger partial charge is 0.391 e. The molecule has 2 rings (SSSR count). The third kappa shape index (κ3) is 3.63. The highest BCUT2D eigenvalue weighted by molar-refractivity contribution is 5.71. The smallest absolute Gasteiger partial charge is 0.211 e. The minimum absolute atomic E-state index is 0.0823. The number of amides is 1. The number of carbonyl (C=O) groups excluding carboxylic acids is 1. The van der Waals surface area contributed by atoms with E-state index in [1.807, 2.05) is 12.1 Å². The number of hydrogen-bond acceptors (Lipinski definition) is 3. The second-order valence-electron chi connectivity index (χ2n) is 5.76. The Morgan fingerprint density at radius 2 is 2.05 bits per heavy atom. The summed E-state index contributed by atoms with van der Waals surface area (Å²) in [5, 5.41) is 13.2. The summed E-state index contributed by atoms with van der Waals surface area (Å²) in [7, 11) is 0. The van der Waals surface area contributed by atoms with Crippen molar-refractivity contribution in [2.75, 3.05) is 18.4 Å². The Labute approximate surface area is 127 Å². The summed E-state index contributed by atoms with van der Waals surface area (Å²) < 4.78 is 0. The number of carbonyl (C=O) groups is 1. The van der Waals surface area contributed by atoms with Crippen LogP contribution in [0.25, 0.3) is 0 Å². The number of aliphatic hydroxyl groups is 1. The quantitative estimate of drug-likeness (QED) is 0.759. The predicted molar refractivity (Wildman–Crippen MR) is 85.4 cm³/mol. The molecule has 0 aromatic heterocycles. The number of aliphatic hydroxyl groups excluding tert-OH is 1. The minimum atomic E-state index is -0.305. The lowest BCUT2D eigenvalue weighted by Crippen LogP contribution is -2.40. The maximum Gasteiger partial charge on any atom is 0.211 e. The van der Waals surface area contributed by atoms with Crippen LogP contribution >= 0.6 is 0 Å². The molecular weight excluding hydrogens is 264 g/mol. The molecule has 0 fully saturated rings. The normalized spacial score (nSPS) is 21.1. The van der Waals surface area contributed by atoms with Crippen molar-refractivity contribution in [2.45, 2.75) is 51.7 Å². The summed E-state index contributed by atoms with van der Waals surface area (Å²) in [5.74, 6) is 0. The average molecular weight is 290 g/mol. The van der Waals surface area contributed by atoms with E-state index < -0.39 is 0 Å². The molecule has 2 atom stereocenters. The van der Waals surface area contributed by atoms with Crippen molar-refractivity contribution in [3.63, 3.8) is 0 Å². The van der Waals surface area contributed by atoms with Gasteiger partial charge in [-0.15, -0.1) is 0 Å². The maximum atomic E-state index is 10.6. The SMILES string of the molecule is CCCN(CCC)C1c2ccc(NC=O)cc2CCC1O. The van der Waals surface area contributed by atoms with Gasteiger partial charge < -0.3 is 10.4 Å². The Hall–Kier alpha value is -1.39. The molecule has 0 spiro atoms. The molecule has 2 unspecified atom stereocenters. The third-order valence-electron chi connectivity index (χ3n) is 4.18. The van der Waals surface area contributed by atoms with Crippen LogP contribution in [-0.4, -0.2) is 35.6 Å². The number of fused-ring (bicyclic) bond motifs is 1. The van der Waals surface area contributed by atoms with E-state index in [1.165, 1.54) is 11.1 Å². The van der Waals surface area contributed by atoms with Crippen LogP contribution in [-0.2, 0) is 11.2 Å². The molecule has 1 aromatic carbocycles. The van der Waals surface area contributed by atoms with Crippen LogP contribution in [0.4, 0.5) is 5.69 Å². The Bertz CT molecular complexity index is 470. The van der Waals surface area contributed by atoms with E-state index >= 15 is 0 Å². The summed E-state index contributed by atoms with van der Waals surface area (Å²) >= 11 is 0. The number of nitrogens with zero attached hydrogens (tertiary/aromatic N) is 1. The molecule has 4 heteroatoms. The number of hydrogen-bond donors (Lipinski definition) is 2. The van der Waals surface area contributed by atoms with Crippen molar-refractivity contribution in [1.82, 2.24) is 4.90 Å². The van der Waals surface area contributed by atoms with Crippen molar-refractivity contribution in [1.29, 1.82) is 0 Å². The van der Waals surface area contributed by atoms with Crippen LogP contribution in [0.2, 0.25) is 0 Å². The fourth-order valence-electron chi connectivity index (χ4n) is 3.34. The topological polar surface area (TPSA) is 52.6 Å². The van der Waals surface area contributed by atoms with Crippen molar-refractivity contribution in [2.24, 2.45) is 0 Å². The van der Waals surface area contributed by atoms with Gasteiger partial charge in [0.25, 0.3) is 0 Å². The first-order chi connectivity index (χ1) is 10.2. The van der Waals surface area contributed by atoms with Crippen molar-refractivity contribution in [3.8, 4) is 0 Å². The van der Waals surface area contributed by atoms with Crippen LogP contribution in [0.1, 0.15) is 50.3 Å². The summed E-state index contributed by atoms with van der Waals surface area (Å²) in [6.07, 6.45) is 4.23. The number of rotatable bonds is 7. The molecule has 0 aliphatic heterocycles. The Kier molecular flexibility index (Phi) is 5.76. The van der Waals surface area contributed by atoms with E-state index in [0.29, 0.717) is 6.41 Å². The van der Waals surface area contributed by atoms with E-state index in [1.54, 1.807) is 0 Å². The van der Waals surface area contributed by atoms with Gasteiger partial charge in [-0.2, -0.15) is 0 Å². The van der Waals surface area contributed by atoms with Gasteiger partial charge in [-0.25, -0.2) is 0 Å². The standard InChI is InChI=1S/C17H26N2O2/c1-3-9-19(10-4-2)17-15-7-6-14(18-12-20)11-13(15)5-8-16(17)21/h6-7,11-12,16-17,21H,3-5,8-10H2,1-2H3,(H,18,20). The molecule has 0 saturated heterocycles. The summed E-state index contributed by atoms with van der Waals surface area (Å²) in [6.45, 7) is 6.36. The Balaban J connectivity index is 2.31. The zero-order valence-corrected chi connectivity index (χ0v) is 13.0. The number of aryl methyl sites for hydroxylation is 1. The second-order valence-corrected chi connectivity index (χ2v) is 5.76. The lowest BCUT2D eigenvalue weighted by molar-refractivity contribution is -0.105. The Morgan fingerprint density at radius 3 is 2.67 bits per heavy atom. The van der Waals surface area contributed by atoms with Gasteiger partial charge in [0.2, 0.25) is 6.41 Å². The van der Waals surface area contributed by atoms with Gasteiger partial charge in [-0.05, 0) is 62.0 Å². The zero-order valence-electron chi connectivity index (χ0n) is 13.0. The molecule has 4 nitrogen and oxygen atoms in total. The molecule has 0 radical (unpaired) electrons. The van der Waals surface area contributed by atoms with Crippen LogP contribution in [0.5, 0.6) is 0 Å². The summed E-state index contributed by atoms with van der Waals surface area (Å²) in [5.41, 5.74) is 3.29. The molecule has 21 heavy (non-hydrogen) atoms. The van der Waals surface area contributed by atoms with Gasteiger partial charge in [0.05, 0.1) is 12.1 Å². The van der Waals surface area contributed by atoms with Gasteiger partial charge in [-0.3, -0.25) is 9.69 Å². The number of anilines is 1. The van der Waals surface area contributed by atoms with Crippen LogP contribution in [0.3, 0.4) is 0 Å². The first-order valence-corrected chi connectivity index (χ1v) is 7.96. The molecule has 1 aliphatic rings. The first kappa shape index (κ1) is 16.0. The fourth-order valence-corrected chi connectivity index (χ4v) is 3.34. The monoisotopic (exact) mass is 290 g/mol. The minimum Gasteiger partial charge on any atom is -0.391 e. The van der Waals surface area contributed by atoms with Crippen molar-refractivity contribution < 1.29 is 9.90 Å². The van der Waals surface area contributed by atoms with Crippen molar-refractivity contribution in [3.05, 3.63) is 29.3 Å². The first-order valence-electron chi connectivity index (χ1n) is 7.96. The molecule has 2 N–H and O–H groups in total. The van der Waals surface area contributed by atoms with Crippen LogP contribution in [0, 0.1) is 0 Å². The molecule has 0 heterocycles. The van der Waals surface area contributed by atoms with Gasteiger partial charge in [-0.1, -0.05) is 19.9 Å². The average Bonchev–Trinajstić information content (AvgIpc) is 2.48. The van der Waals surface area contributed by atoms with E-state index in [2.05, 4.69) is 30.1 Å². The molecule has 1 amide bonds. The fraction of sp³-hybridized carbons (Fsp3) is 0.588. The highest BCUT2D eigenvalue weighted by atomic mass is 16.3. The van der Waals surface area contributed by atoms with E-state index in [9.17, 15) is 9.90 Å². The van der Waals surface area contributed by atoms with Crippen LogP contribution in [0.15, 0.2) is 18.2 Å². The lowest BCUT2D eigenvalue weighted by Gasteiger charge is -2.39. The lowest BCUT2D eigenvalue weighted by atomic mass is 9.84.